The number of benzene rings is 7. The quantitative estimate of drug-likeness (QED) is 0.102. The second-order valence-corrected chi connectivity index (χ2v) is 46.8. The van der Waals surface area contributed by atoms with E-state index in [0.717, 1.165) is 142 Å². The van der Waals surface area contributed by atoms with Crippen molar-refractivity contribution in [3.63, 3.8) is 0 Å². The maximum atomic E-state index is 2.44. The third-order valence-corrected chi connectivity index (χ3v) is 36.9. The van der Waals surface area contributed by atoms with Gasteiger partial charge in [-0.05, 0) is 399 Å². The Morgan fingerprint density at radius 2 is 0.331 bits per heavy atom. The van der Waals surface area contributed by atoms with Crippen LogP contribution in [0, 0.1) is 120 Å². The topological polar surface area (TPSA) is 0 Å². The minimum atomic E-state index is 0.788. The standard InChI is InChI=1S/C26H34.C21H32.C20H30.C19H28.C14H26.C14H20.C13H18/c1-19-3-7-21(8-4-19)23-11-15-25(16-12-23)26-17-13-24(14-18-26)22-9-5-20(2)6-10-22;1-17-7-13-20(14-8-17)21-15-11-19(12-16-21)10-9-18-5-3-2-4-6-18;1-15-3-7-17(8-4-15)19-11-13-20(14-12-19)18-9-5-16(2)6-10-18;1-15-7-9-17(10-8-15)19-13-11-18(12-14-19)16-5-3-2-4-6-16;2*1-11-3-7-13(8-4-11)14-9-5-12(2)6-10-14;1-11-7-9-13(10-8-11)12-5-3-2-4-6-12/h11-22H,3-10H2,1-2H3;2-6,17,19-21H,7-16H2,1H3;3-4,7-8,16,18-20H,5-6,9-14H2,1-2H3;2-6,15,17-19H,7-14H2,1H3;11-14H,3-10H2,1-2H3;3-4,7-8,12,14H,5-6,9-10H2,1-2H3;2-6,11,13H,7-10H2,1H3. The molecule has 19 rings (SSSR count). The SMILES string of the molecule is CC1CCC(C2CCC(C)CC2)CC1.CC1CCC(C2CCC(CCc3ccccc3)CC2)CC1.CC1CCC(C2CCC(c3ccccc3)CC2)CC1.CC1CCC(c2ccc(-c3ccc(C4CCC(C)CC4)cc3)cc2)CC1.CC1CCC(c2ccccc2)CC1.Cc1ccc(C2CCC(C)CC2)cc1.Cc1ccc(C2CCC(C3CCC(C)CC3)CC2)cc1. The highest BCUT2D eigenvalue weighted by molar-refractivity contribution is 5.64. The summed E-state index contributed by atoms with van der Waals surface area (Å²) in [5.41, 5.74) is 16.4. The zero-order valence-corrected chi connectivity index (χ0v) is 83.6. The minimum absolute atomic E-state index is 0.788. The molecular formula is C127H188. The minimum Gasteiger partial charge on any atom is -0.0625 e. The summed E-state index contributed by atoms with van der Waals surface area (Å²) in [6, 6.07) is 70.5. The zero-order chi connectivity index (χ0) is 88.5. The Morgan fingerprint density at radius 3 is 0.551 bits per heavy atom. The van der Waals surface area contributed by atoms with Gasteiger partial charge in [0.15, 0.2) is 0 Å². The van der Waals surface area contributed by atoms with E-state index in [2.05, 4.69) is 264 Å². The predicted octanol–water partition coefficient (Wildman–Crippen LogP) is 39.0. The lowest BCUT2D eigenvalue weighted by Gasteiger charge is -2.37. The van der Waals surface area contributed by atoms with E-state index in [1.165, 1.54) is 323 Å². The van der Waals surface area contributed by atoms with E-state index in [1.807, 2.05) is 0 Å². The number of hydrogen-bond acceptors (Lipinski definition) is 0. The maximum absolute atomic E-state index is 2.44. The summed E-state index contributed by atoms with van der Waals surface area (Å²) in [6.45, 7) is 26.1. The van der Waals surface area contributed by atoms with Crippen LogP contribution < -0.4 is 0 Å². The molecule has 0 aromatic heterocycles. The lowest BCUT2D eigenvalue weighted by atomic mass is 9.68. The van der Waals surface area contributed by atoms with Crippen LogP contribution in [0.4, 0.5) is 0 Å². The first-order valence-electron chi connectivity index (χ1n) is 55.4. The molecule has 0 aliphatic heterocycles. The van der Waals surface area contributed by atoms with Crippen molar-refractivity contribution in [1.82, 2.24) is 0 Å². The Hall–Kier alpha value is -5.46. The molecule has 12 aliphatic carbocycles. The molecule has 7 aromatic rings. The molecule has 7 aromatic carbocycles. The molecular weight excluding hydrogens is 1530 g/mol. The molecule has 0 bridgehead atoms. The van der Waals surface area contributed by atoms with Crippen LogP contribution in [0.15, 0.2) is 188 Å². The molecule has 12 aliphatic rings. The molecule has 12 fully saturated rings. The van der Waals surface area contributed by atoms with Crippen LogP contribution in [0.5, 0.6) is 0 Å². The summed E-state index contributed by atoms with van der Waals surface area (Å²) >= 11 is 0. The first-order chi connectivity index (χ1) is 61.9. The van der Waals surface area contributed by atoms with Crippen LogP contribution >= 0.6 is 0 Å². The van der Waals surface area contributed by atoms with Crippen LogP contribution in [0.1, 0.15) is 463 Å². The van der Waals surface area contributed by atoms with Gasteiger partial charge in [0.05, 0.1) is 0 Å². The van der Waals surface area contributed by atoms with Gasteiger partial charge in [0.2, 0.25) is 0 Å². The third-order valence-electron chi connectivity index (χ3n) is 36.9. The molecule has 0 amide bonds. The van der Waals surface area contributed by atoms with Crippen molar-refractivity contribution >= 4 is 0 Å². The zero-order valence-electron chi connectivity index (χ0n) is 83.6. The molecule has 696 valence electrons. The molecule has 0 unspecified atom stereocenters. The van der Waals surface area contributed by atoms with Gasteiger partial charge >= 0.3 is 0 Å². The van der Waals surface area contributed by atoms with Crippen LogP contribution in [-0.2, 0) is 6.42 Å². The molecule has 0 spiro atoms. The molecule has 0 radical (unpaired) electrons. The Morgan fingerprint density at radius 1 is 0.165 bits per heavy atom. The predicted molar refractivity (Wildman–Crippen MR) is 554 cm³/mol. The first-order valence-corrected chi connectivity index (χ1v) is 55.4. The van der Waals surface area contributed by atoms with Crippen molar-refractivity contribution in [3.05, 3.63) is 238 Å². The van der Waals surface area contributed by atoms with Crippen molar-refractivity contribution in [2.45, 2.75) is 433 Å². The van der Waals surface area contributed by atoms with E-state index in [0.29, 0.717) is 0 Å². The highest BCUT2D eigenvalue weighted by Gasteiger charge is 2.35. The van der Waals surface area contributed by atoms with E-state index in [-0.39, 0.29) is 0 Å². The number of rotatable bonds is 14. The van der Waals surface area contributed by atoms with Crippen molar-refractivity contribution in [2.24, 2.45) is 107 Å². The van der Waals surface area contributed by atoms with Crippen LogP contribution in [0.3, 0.4) is 0 Å². The van der Waals surface area contributed by atoms with Crippen LogP contribution in [0.2, 0.25) is 0 Å². The van der Waals surface area contributed by atoms with Crippen molar-refractivity contribution in [3.8, 4) is 11.1 Å². The van der Waals surface area contributed by atoms with Gasteiger partial charge in [-0.3, -0.25) is 0 Å². The van der Waals surface area contributed by atoms with Gasteiger partial charge in [-0.25, -0.2) is 0 Å². The molecule has 0 heteroatoms. The summed E-state index contributed by atoms with van der Waals surface area (Å²) in [5.74, 6) is 23.4. The van der Waals surface area contributed by atoms with Crippen LogP contribution in [-0.4, -0.2) is 0 Å². The van der Waals surface area contributed by atoms with Crippen molar-refractivity contribution in [1.29, 1.82) is 0 Å². The second-order valence-electron chi connectivity index (χ2n) is 46.8. The van der Waals surface area contributed by atoms with Crippen molar-refractivity contribution in [2.75, 3.05) is 0 Å². The Bertz CT molecular complexity index is 3870. The summed E-state index contributed by atoms with van der Waals surface area (Å²) in [4.78, 5) is 0. The van der Waals surface area contributed by atoms with Crippen LogP contribution in [0.25, 0.3) is 11.1 Å². The maximum Gasteiger partial charge on any atom is -0.0162 e. The third kappa shape index (κ3) is 32.7. The fraction of sp³-hybridized carbons (Fsp3) is 0.669. The van der Waals surface area contributed by atoms with E-state index in [9.17, 15) is 0 Å². The van der Waals surface area contributed by atoms with E-state index < -0.39 is 0 Å². The highest BCUT2D eigenvalue weighted by atomic mass is 14.4. The summed E-state index contributed by atoms with van der Waals surface area (Å²) in [6.07, 6.45) is 73.0. The molecule has 0 atom stereocenters. The van der Waals surface area contributed by atoms with Crippen molar-refractivity contribution < 1.29 is 0 Å². The number of aryl methyl sites for hydroxylation is 3. The van der Waals surface area contributed by atoms with Gasteiger partial charge in [0.1, 0.15) is 0 Å². The monoisotopic (exact) mass is 1710 g/mol. The molecule has 0 nitrogen and oxygen atoms in total. The molecule has 12 saturated carbocycles. The molecule has 0 N–H and O–H groups in total. The smallest absolute Gasteiger partial charge is 0.0162 e. The van der Waals surface area contributed by atoms with Gasteiger partial charge in [0.25, 0.3) is 0 Å². The summed E-state index contributed by atoms with van der Waals surface area (Å²) in [7, 11) is 0. The second kappa shape index (κ2) is 52.8. The van der Waals surface area contributed by atoms with Gasteiger partial charge in [-0.15, -0.1) is 0 Å². The lowest BCUT2D eigenvalue weighted by molar-refractivity contribution is 0.148. The fourth-order valence-corrected chi connectivity index (χ4v) is 27.0. The number of hydrogen-bond donors (Lipinski definition) is 0. The Kier molecular flexibility index (Phi) is 41.2. The molecule has 0 saturated heterocycles. The first kappa shape index (κ1) is 99.0. The molecule has 0 heterocycles. The lowest BCUT2D eigenvalue weighted by Crippen LogP contribution is -2.25. The molecule has 127 heavy (non-hydrogen) atoms. The van der Waals surface area contributed by atoms with Gasteiger partial charge < -0.3 is 0 Å². The summed E-state index contributed by atoms with van der Waals surface area (Å²) < 4.78 is 0. The highest BCUT2D eigenvalue weighted by Crippen LogP contribution is 2.49. The normalized spacial score (nSPS) is 33.4. The van der Waals surface area contributed by atoms with Gasteiger partial charge in [-0.2, -0.15) is 0 Å². The average Bonchev–Trinajstić information content (AvgIpc) is 0.830. The van der Waals surface area contributed by atoms with E-state index in [4.69, 9.17) is 0 Å². The summed E-state index contributed by atoms with van der Waals surface area (Å²) in [5, 5.41) is 0. The van der Waals surface area contributed by atoms with Gasteiger partial charge in [-0.1, -0.05) is 390 Å². The Balaban J connectivity index is 0.000000128. The largest absolute Gasteiger partial charge is 0.0625 e. The average molecular weight is 1710 g/mol. The fourth-order valence-electron chi connectivity index (χ4n) is 27.0. The van der Waals surface area contributed by atoms with E-state index >= 15 is 0 Å². The van der Waals surface area contributed by atoms with Gasteiger partial charge in [0, 0.05) is 0 Å². The van der Waals surface area contributed by atoms with E-state index in [1.54, 1.807) is 59.1 Å². The Labute approximate surface area is 783 Å².